The second kappa shape index (κ2) is 5.36. The zero-order valence-electron chi connectivity index (χ0n) is 11.4. The Labute approximate surface area is 117 Å². The van der Waals surface area contributed by atoms with Gasteiger partial charge in [0.1, 0.15) is 12.4 Å². The molecule has 0 saturated heterocycles. The number of fused-ring (bicyclic) bond motifs is 1. The van der Waals surface area contributed by atoms with E-state index < -0.39 is 0 Å². The molecule has 1 aromatic carbocycles. The number of hydrogen-bond acceptors (Lipinski definition) is 4. The molecule has 5 nitrogen and oxygen atoms in total. The molecule has 0 fully saturated rings. The number of rotatable bonds is 4. The Kier molecular flexibility index (Phi) is 3.41. The number of aryl methyl sites for hydroxylation is 2. The van der Waals surface area contributed by atoms with Crippen molar-refractivity contribution in [3.63, 3.8) is 0 Å². The van der Waals surface area contributed by atoms with Gasteiger partial charge in [-0.1, -0.05) is 5.16 Å². The molecule has 1 aromatic heterocycles. The molecular weight excluding hydrogens is 254 g/mol. The Morgan fingerprint density at radius 1 is 1.40 bits per heavy atom. The van der Waals surface area contributed by atoms with E-state index in [2.05, 4.69) is 17.2 Å². The molecule has 104 valence electrons. The van der Waals surface area contributed by atoms with Gasteiger partial charge in [-0.2, -0.15) is 5.10 Å². The molecule has 0 radical (unpaired) electrons. The average molecular weight is 271 g/mol. The van der Waals surface area contributed by atoms with E-state index in [1.807, 2.05) is 35.3 Å². The molecule has 0 atom stereocenters. The molecule has 0 unspecified atom stereocenters. The highest BCUT2D eigenvalue weighted by atomic mass is 16.5. The summed E-state index contributed by atoms with van der Waals surface area (Å²) in [5, 5.41) is 16.5. The van der Waals surface area contributed by atoms with E-state index in [9.17, 15) is 0 Å². The lowest BCUT2D eigenvalue weighted by atomic mass is 10.1. The fourth-order valence-electron chi connectivity index (χ4n) is 2.46. The first-order valence-corrected chi connectivity index (χ1v) is 6.78. The maximum Gasteiger partial charge on any atom is 0.120 e. The molecule has 0 aliphatic heterocycles. The summed E-state index contributed by atoms with van der Waals surface area (Å²) in [6.45, 7) is 3.43. The number of aromatic nitrogens is 2. The summed E-state index contributed by atoms with van der Waals surface area (Å²) < 4.78 is 7.67. The highest BCUT2D eigenvalue weighted by Crippen LogP contribution is 2.27. The quantitative estimate of drug-likeness (QED) is 0.687. The van der Waals surface area contributed by atoms with E-state index in [1.165, 1.54) is 5.56 Å². The van der Waals surface area contributed by atoms with Crippen LogP contribution < -0.4 is 4.74 Å². The van der Waals surface area contributed by atoms with Gasteiger partial charge in [0, 0.05) is 23.9 Å². The SMILES string of the molecule is CCn1cc(COc2ccc3c(c2)CC/C3=N\O)cn1. The minimum absolute atomic E-state index is 0.514. The van der Waals surface area contributed by atoms with E-state index in [4.69, 9.17) is 9.94 Å². The van der Waals surface area contributed by atoms with Gasteiger partial charge in [0.25, 0.3) is 0 Å². The normalized spacial score (nSPS) is 15.6. The second-order valence-corrected chi connectivity index (χ2v) is 4.86. The lowest BCUT2D eigenvalue weighted by molar-refractivity contribution is 0.306. The van der Waals surface area contributed by atoms with Gasteiger partial charge < -0.3 is 9.94 Å². The van der Waals surface area contributed by atoms with Crippen molar-refractivity contribution < 1.29 is 9.94 Å². The molecule has 5 heteroatoms. The molecule has 20 heavy (non-hydrogen) atoms. The molecule has 0 bridgehead atoms. The number of ether oxygens (including phenoxy) is 1. The molecule has 0 saturated carbocycles. The van der Waals surface area contributed by atoms with Gasteiger partial charge in [-0.05, 0) is 43.5 Å². The van der Waals surface area contributed by atoms with E-state index >= 15 is 0 Å². The zero-order valence-corrected chi connectivity index (χ0v) is 11.4. The van der Waals surface area contributed by atoms with Crippen LogP contribution in [0.25, 0.3) is 0 Å². The van der Waals surface area contributed by atoms with Gasteiger partial charge in [0.2, 0.25) is 0 Å². The molecule has 1 N–H and O–H groups in total. The van der Waals surface area contributed by atoms with Crippen molar-refractivity contribution in [3.05, 3.63) is 47.3 Å². The van der Waals surface area contributed by atoms with E-state index in [0.29, 0.717) is 6.61 Å². The standard InChI is InChI=1S/C15H17N3O2/c1-2-18-9-11(8-16-18)10-20-13-4-5-14-12(7-13)3-6-15(14)17-19/h4-5,7-9,19H,2-3,6,10H2,1H3/b17-15+. The lowest BCUT2D eigenvalue weighted by Crippen LogP contribution is -1.97. The van der Waals surface area contributed by atoms with Gasteiger partial charge in [0.05, 0.1) is 11.9 Å². The fourth-order valence-corrected chi connectivity index (χ4v) is 2.46. The van der Waals surface area contributed by atoms with Gasteiger partial charge >= 0.3 is 0 Å². The van der Waals surface area contributed by atoms with E-state index in [0.717, 1.165) is 42.0 Å². The van der Waals surface area contributed by atoms with Crippen LogP contribution in [0.4, 0.5) is 0 Å². The number of oxime groups is 1. The van der Waals surface area contributed by atoms with Gasteiger partial charge in [-0.25, -0.2) is 0 Å². The molecule has 1 aliphatic rings. The third-order valence-corrected chi connectivity index (χ3v) is 3.56. The fraction of sp³-hybridized carbons (Fsp3) is 0.333. The summed E-state index contributed by atoms with van der Waals surface area (Å²) in [5.41, 5.74) is 4.03. The van der Waals surface area contributed by atoms with Crippen molar-refractivity contribution in [3.8, 4) is 5.75 Å². The molecule has 2 aromatic rings. The number of hydrogen-bond donors (Lipinski definition) is 1. The second-order valence-electron chi connectivity index (χ2n) is 4.86. The Morgan fingerprint density at radius 2 is 2.30 bits per heavy atom. The molecule has 1 heterocycles. The van der Waals surface area contributed by atoms with E-state index in [-0.39, 0.29) is 0 Å². The first-order chi connectivity index (χ1) is 9.80. The minimum Gasteiger partial charge on any atom is -0.489 e. The van der Waals surface area contributed by atoms with Crippen LogP contribution in [0.1, 0.15) is 30.0 Å². The Morgan fingerprint density at radius 3 is 3.05 bits per heavy atom. The van der Waals surface area contributed by atoms with Crippen LogP contribution in [-0.4, -0.2) is 20.7 Å². The van der Waals surface area contributed by atoms with Crippen molar-refractivity contribution in [2.45, 2.75) is 32.9 Å². The first-order valence-electron chi connectivity index (χ1n) is 6.78. The molecular formula is C15H17N3O2. The summed E-state index contributed by atoms with van der Waals surface area (Å²) in [6, 6.07) is 5.90. The van der Waals surface area contributed by atoms with Crippen molar-refractivity contribution in [1.82, 2.24) is 9.78 Å². The molecule has 0 amide bonds. The van der Waals surface area contributed by atoms with Crippen molar-refractivity contribution in [2.75, 3.05) is 0 Å². The molecule has 0 spiro atoms. The summed E-state index contributed by atoms with van der Waals surface area (Å²) >= 11 is 0. The predicted octanol–water partition coefficient (Wildman–Crippen LogP) is 2.61. The summed E-state index contributed by atoms with van der Waals surface area (Å²) in [6.07, 6.45) is 5.51. The first kappa shape index (κ1) is 12.7. The van der Waals surface area contributed by atoms with E-state index in [1.54, 1.807) is 0 Å². The van der Waals surface area contributed by atoms with Crippen LogP contribution in [-0.2, 0) is 19.6 Å². The number of nitrogens with zero attached hydrogens (tertiary/aromatic N) is 3. The van der Waals surface area contributed by atoms with Crippen molar-refractivity contribution in [1.29, 1.82) is 0 Å². The third kappa shape index (κ3) is 2.39. The van der Waals surface area contributed by atoms with Crippen LogP contribution >= 0.6 is 0 Å². The Hall–Kier alpha value is -2.30. The number of benzene rings is 1. The van der Waals surface area contributed by atoms with Crippen molar-refractivity contribution in [2.24, 2.45) is 5.16 Å². The van der Waals surface area contributed by atoms with Gasteiger partial charge in [-0.15, -0.1) is 0 Å². The minimum atomic E-state index is 0.514. The lowest BCUT2D eigenvalue weighted by Gasteiger charge is -2.06. The van der Waals surface area contributed by atoms with Crippen LogP contribution in [0.15, 0.2) is 35.7 Å². The highest BCUT2D eigenvalue weighted by Gasteiger charge is 2.18. The smallest absolute Gasteiger partial charge is 0.120 e. The summed E-state index contributed by atoms with van der Waals surface area (Å²) in [4.78, 5) is 0. The maximum atomic E-state index is 8.91. The Balaban J connectivity index is 1.70. The monoisotopic (exact) mass is 271 g/mol. The predicted molar refractivity (Wildman–Crippen MR) is 75.3 cm³/mol. The maximum absolute atomic E-state index is 8.91. The molecule has 1 aliphatic carbocycles. The van der Waals surface area contributed by atoms with Crippen LogP contribution in [0, 0.1) is 0 Å². The Bertz CT molecular complexity index is 646. The molecule has 3 rings (SSSR count). The van der Waals surface area contributed by atoms with Crippen LogP contribution in [0.5, 0.6) is 5.75 Å². The van der Waals surface area contributed by atoms with Crippen LogP contribution in [0.2, 0.25) is 0 Å². The third-order valence-electron chi connectivity index (χ3n) is 3.56. The summed E-state index contributed by atoms with van der Waals surface area (Å²) in [7, 11) is 0. The topological polar surface area (TPSA) is 59.6 Å². The summed E-state index contributed by atoms with van der Waals surface area (Å²) in [5.74, 6) is 0.840. The largest absolute Gasteiger partial charge is 0.489 e. The van der Waals surface area contributed by atoms with Crippen LogP contribution in [0.3, 0.4) is 0 Å². The average Bonchev–Trinajstić information content (AvgIpc) is 3.10. The zero-order chi connectivity index (χ0) is 13.9. The highest BCUT2D eigenvalue weighted by molar-refractivity contribution is 6.04. The van der Waals surface area contributed by atoms with Gasteiger partial charge in [0.15, 0.2) is 0 Å². The van der Waals surface area contributed by atoms with Gasteiger partial charge in [-0.3, -0.25) is 4.68 Å². The van der Waals surface area contributed by atoms with Crippen molar-refractivity contribution >= 4 is 5.71 Å².